The molecular formula is C17H22N2O5P2S. The van der Waals surface area contributed by atoms with Crippen molar-refractivity contribution in [2.24, 2.45) is 5.41 Å². The van der Waals surface area contributed by atoms with Crippen LogP contribution in [-0.4, -0.2) is 13.2 Å². The summed E-state index contributed by atoms with van der Waals surface area (Å²) in [6, 6.07) is 17.5. The number of benzene rings is 2. The van der Waals surface area contributed by atoms with Crippen molar-refractivity contribution in [1.29, 1.82) is 0 Å². The van der Waals surface area contributed by atoms with E-state index in [4.69, 9.17) is 29.9 Å². The van der Waals surface area contributed by atoms with E-state index in [1.165, 1.54) is 0 Å². The standard InChI is InChI=1S/C17H22N2O5P2S/c1-17(2)13-21-26(27,22-14-17)19-18-25(20,23-15-9-5-3-6-10-15)24-16-11-7-4-8-12-16/h3-12H,13-14H2,1-2H3,(H,18,20)(H,19,27). The Morgan fingerprint density at radius 1 is 0.963 bits per heavy atom. The molecule has 0 aromatic heterocycles. The van der Waals surface area contributed by atoms with E-state index in [2.05, 4.69) is 10.4 Å². The zero-order valence-corrected chi connectivity index (χ0v) is 17.6. The monoisotopic (exact) mass is 428 g/mol. The fraction of sp³-hybridized carbons (Fsp3) is 0.294. The molecule has 0 saturated carbocycles. The third kappa shape index (κ3) is 6.13. The normalized spacial score (nSPS) is 18.6. The lowest BCUT2D eigenvalue weighted by Gasteiger charge is -2.36. The first-order valence-electron chi connectivity index (χ1n) is 8.31. The molecule has 1 heterocycles. The van der Waals surface area contributed by atoms with Crippen molar-refractivity contribution < 1.29 is 22.7 Å². The first-order chi connectivity index (χ1) is 12.8. The molecule has 1 aliphatic heterocycles. The predicted octanol–water partition coefficient (Wildman–Crippen LogP) is 4.64. The first kappa shape index (κ1) is 20.5. The van der Waals surface area contributed by atoms with Crippen LogP contribution in [0.4, 0.5) is 0 Å². The van der Waals surface area contributed by atoms with Gasteiger partial charge in [0.15, 0.2) is 0 Å². The van der Waals surface area contributed by atoms with Crippen molar-refractivity contribution >= 4 is 26.2 Å². The molecule has 1 saturated heterocycles. The minimum atomic E-state index is -3.86. The second kappa shape index (κ2) is 8.41. The van der Waals surface area contributed by atoms with Crippen molar-refractivity contribution in [2.75, 3.05) is 13.2 Å². The molecular weight excluding hydrogens is 406 g/mol. The Balaban J connectivity index is 1.73. The molecule has 0 aliphatic carbocycles. The van der Waals surface area contributed by atoms with Crippen LogP contribution in [0, 0.1) is 5.41 Å². The summed E-state index contributed by atoms with van der Waals surface area (Å²) in [4.78, 5) is 0. The van der Waals surface area contributed by atoms with Gasteiger partial charge in [-0.05, 0) is 36.1 Å². The molecule has 7 nitrogen and oxygen atoms in total. The summed E-state index contributed by atoms with van der Waals surface area (Å²) in [6.07, 6.45) is 0. The second-order valence-electron chi connectivity index (χ2n) is 6.74. The van der Waals surface area contributed by atoms with E-state index >= 15 is 0 Å². The van der Waals surface area contributed by atoms with Gasteiger partial charge in [0.2, 0.25) is 0 Å². The minimum absolute atomic E-state index is 0.130. The van der Waals surface area contributed by atoms with Crippen LogP contribution in [0.5, 0.6) is 11.5 Å². The second-order valence-corrected chi connectivity index (χ2v) is 11.5. The van der Waals surface area contributed by atoms with Crippen LogP contribution in [0.1, 0.15) is 13.8 Å². The molecule has 0 atom stereocenters. The lowest BCUT2D eigenvalue weighted by Crippen LogP contribution is -2.37. The van der Waals surface area contributed by atoms with Crippen molar-refractivity contribution in [3.8, 4) is 11.5 Å². The molecule has 0 bridgehead atoms. The van der Waals surface area contributed by atoms with Gasteiger partial charge in [-0.2, -0.15) is 5.20 Å². The van der Waals surface area contributed by atoms with Gasteiger partial charge in [-0.1, -0.05) is 50.2 Å². The predicted molar refractivity (Wildman–Crippen MR) is 108 cm³/mol. The minimum Gasteiger partial charge on any atom is -0.404 e. The number of hydrazine groups is 1. The molecule has 0 amide bonds. The van der Waals surface area contributed by atoms with Crippen LogP contribution in [0.25, 0.3) is 0 Å². The van der Waals surface area contributed by atoms with Gasteiger partial charge in [0, 0.05) is 5.41 Å². The van der Waals surface area contributed by atoms with Gasteiger partial charge in [-0.15, -0.1) is 5.20 Å². The lowest BCUT2D eigenvalue weighted by atomic mass is 9.97. The molecule has 3 rings (SSSR count). The zero-order chi connectivity index (χ0) is 19.4. The van der Waals surface area contributed by atoms with Crippen molar-refractivity contribution in [1.82, 2.24) is 10.4 Å². The summed E-state index contributed by atoms with van der Waals surface area (Å²) in [5, 5.41) is 5.32. The van der Waals surface area contributed by atoms with E-state index in [1.54, 1.807) is 48.5 Å². The van der Waals surface area contributed by atoms with Crippen LogP contribution in [0.2, 0.25) is 0 Å². The molecule has 0 unspecified atom stereocenters. The highest BCUT2D eigenvalue weighted by Gasteiger charge is 2.37. The van der Waals surface area contributed by atoms with Crippen LogP contribution in [0.3, 0.4) is 0 Å². The van der Waals surface area contributed by atoms with Gasteiger partial charge in [-0.3, -0.25) is 0 Å². The maximum Gasteiger partial charge on any atom is 0.526 e. The average Bonchev–Trinajstić information content (AvgIpc) is 2.65. The Morgan fingerprint density at radius 2 is 1.41 bits per heavy atom. The summed E-state index contributed by atoms with van der Waals surface area (Å²) < 4.78 is 35.9. The first-order valence-corrected chi connectivity index (χ1v) is 12.5. The Kier molecular flexibility index (Phi) is 6.39. The molecule has 2 aromatic rings. The van der Waals surface area contributed by atoms with Crippen molar-refractivity contribution in [3.05, 3.63) is 60.7 Å². The maximum atomic E-state index is 13.3. The van der Waals surface area contributed by atoms with Gasteiger partial charge in [-0.25, -0.2) is 4.57 Å². The quantitative estimate of drug-likeness (QED) is 0.488. The molecule has 1 fully saturated rings. The smallest absolute Gasteiger partial charge is 0.404 e. The molecule has 2 N–H and O–H groups in total. The highest BCUT2D eigenvalue weighted by molar-refractivity contribution is 8.09. The fourth-order valence-corrected chi connectivity index (χ4v) is 5.92. The molecule has 2 aromatic carbocycles. The van der Waals surface area contributed by atoms with Crippen molar-refractivity contribution in [2.45, 2.75) is 13.8 Å². The van der Waals surface area contributed by atoms with E-state index in [1.807, 2.05) is 26.0 Å². The van der Waals surface area contributed by atoms with E-state index in [9.17, 15) is 4.57 Å². The van der Waals surface area contributed by atoms with Gasteiger partial charge in [0.05, 0.1) is 13.2 Å². The maximum absolute atomic E-state index is 13.3. The van der Waals surface area contributed by atoms with E-state index in [0.717, 1.165) is 0 Å². The Morgan fingerprint density at radius 3 is 1.85 bits per heavy atom. The summed E-state index contributed by atoms with van der Waals surface area (Å²) in [5.41, 5.74) is -0.130. The van der Waals surface area contributed by atoms with Crippen LogP contribution < -0.4 is 19.4 Å². The molecule has 0 spiro atoms. The fourth-order valence-electron chi connectivity index (χ4n) is 2.09. The Labute approximate surface area is 164 Å². The molecule has 0 radical (unpaired) electrons. The highest BCUT2D eigenvalue weighted by atomic mass is 32.5. The van der Waals surface area contributed by atoms with E-state index < -0.39 is 14.4 Å². The number of hydrogen-bond acceptors (Lipinski definition) is 6. The van der Waals surface area contributed by atoms with Crippen molar-refractivity contribution in [3.63, 3.8) is 0 Å². The zero-order valence-electron chi connectivity index (χ0n) is 15.0. The van der Waals surface area contributed by atoms with Gasteiger partial charge in [0.1, 0.15) is 11.5 Å². The average molecular weight is 428 g/mol. The molecule has 10 heteroatoms. The highest BCUT2D eigenvalue weighted by Crippen LogP contribution is 2.52. The summed E-state index contributed by atoms with van der Waals surface area (Å²) in [5.74, 6) is 0.767. The number of rotatable bonds is 7. The third-order valence-electron chi connectivity index (χ3n) is 3.51. The molecule has 27 heavy (non-hydrogen) atoms. The van der Waals surface area contributed by atoms with Crippen LogP contribution in [-0.2, 0) is 25.4 Å². The summed E-state index contributed by atoms with van der Waals surface area (Å²) in [6.45, 7) is 2.04. The SMILES string of the molecule is CC1(C)COP(=S)(NNP(=O)(Oc2ccccc2)Oc2ccccc2)OC1. The number of hydrogen-bond donors (Lipinski definition) is 2. The number of nitrogens with one attached hydrogen (secondary N) is 2. The Bertz CT molecular complexity index is 791. The largest absolute Gasteiger partial charge is 0.526 e. The van der Waals surface area contributed by atoms with Crippen LogP contribution >= 0.6 is 14.4 Å². The van der Waals surface area contributed by atoms with Crippen LogP contribution in [0.15, 0.2) is 60.7 Å². The van der Waals surface area contributed by atoms with Gasteiger partial charge < -0.3 is 18.1 Å². The summed E-state index contributed by atoms with van der Waals surface area (Å²) in [7, 11) is -3.86. The van der Waals surface area contributed by atoms with E-state index in [0.29, 0.717) is 24.7 Å². The molecule has 146 valence electrons. The molecule has 1 aliphatic rings. The van der Waals surface area contributed by atoms with Gasteiger partial charge in [0.25, 0.3) is 6.64 Å². The lowest BCUT2D eigenvalue weighted by molar-refractivity contribution is 0.0558. The summed E-state index contributed by atoms with van der Waals surface area (Å²) >= 11 is 5.41. The van der Waals surface area contributed by atoms with Gasteiger partial charge >= 0.3 is 7.75 Å². The Hall–Kier alpha value is -1.24. The third-order valence-corrected chi connectivity index (χ3v) is 7.21. The topological polar surface area (TPSA) is 78.1 Å². The number of para-hydroxylation sites is 2. The van der Waals surface area contributed by atoms with E-state index in [-0.39, 0.29) is 5.41 Å².